The second-order valence-electron chi connectivity index (χ2n) is 5.00. The highest BCUT2D eigenvalue weighted by Gasteiger charge is 2.34. The van der Waals surface area contributed by atoms with Crippen molar-refractivity contribution in [1.82, 2.24) is 15.1 Å². The van der Waals surface area contributed by atoms with Gasteiger partial charge >= 0.3 is 0 Å². The van der Waals surface area contributed by atoms with Gasteiger partial charge in [0.1, 0.15) is 0 Å². The molecule has 0 aliphatic carbocycles. The summed E-state index contributed by atoms with van der Waals surface area (Å²) in [7, 11) is 0. The van der Waals surface area contributed by atoms with Gasteiger partial charge in [0.2, 0.25) is 0 Å². The Bertz CT molecular complexity index is 587. The van der Waals surface area contributed by atoms with Crippen LogP contribution in [0.25, 0.3) is 0 Å². The van der Waals surface area contributed by atoms with E-state index in [1.165, 1.54) is 5.56 Å². The molecule has 2 N–H and O–H groups in total. The molecule has 1 aliphatic heterocycles. The van der Waals surface area contributed by atoms with Crippen LogP contribution in [0.2, 0.25) is 0 Å². The van der Waals surface area contributed by atoms with E-state index in [-0.39, 0.29) is 17.9 Å². The van der Waals surface area contributed by atoms with Crippen LogP contribution in [0, 0.1) is 0 Å². The van der Waals surface area contributed by atoms with Gasteiger partial charge in [-0.25, -0.2) is 0 Å². The third kappa shape index (κ3) is 2.40. The zero-order valence-corrected chi connectivity index (χ0v) is 11.0. The van der Waals surface area contributed by atoms with E-state index in [4.69, 9.17) is 5.73 Å². The molecule has 1 aliphatic rings. The predicted octanol–water partition coefficient (Wildman–Crippen LogP) is 1.04. The monoisotopic (exact) mass is 268 g/mol. The minimum atomic E-state index is -0.105. The summed E-state index contributed by atoms with van der Waals surface area (Å²) in [6.45, 7) is 1.18. The summed E-state index contributed by atoms with van der Waals surface area (Å²) in [5, 5.41) is 7.61. The van der Waals surface area contributed by atoms with Crippen LogP contribution in [-0.2, 0) is 0 Å². The molecule has 0 radical (unpaired) electrons. The average Bonchev–Trinajstić information content (AvgIpc) is 2.90. The van der Waals surface area contributed by atoms with Gasteiger partial charge in [0.25, 0.3) is 5.91 Å². The third-order valence-electron chi connectivity index (χ3n) is 3.67. The van der Waals surface area contributed by atoms with Gasteiger partial charge in [-0.05, 0) is 17.7 Å². The molecule has 3 rings (SSSR count). The molecule has 0 saturated carbocycles. The maximum absolute atomic E-state index is 12.3. The lowest BCUT2D eigenvalue weighted by Gasteiger charge is -2.15. The second kappa shape index (κ2) is 5.38. The first-order chi connectivity index (χ1) is 9.75. The van der Waals surface area contributed by atoms with E-state index in [9.17, 15) is 4.79 Å². The van der Waals surface area contributed by atoms with Crippen LogP contribution < -0.4 is 5.73 Å². The fraction of sp³-hybridized carbons (Fsp3) is 0.267. The molecule has 102 valence electrons. The molecule has 2 aromatic rings. The third-order valence-corrected chi connectivity index (χ3v) is 3.67. The van der Waals surface area contributed by atoms with Crippen LogP contribution >= 0.6 is 0 Å². The van der Waals surface area contributed by atoms with Crippen LogP contribution in [0.3, 0.4) is 0 Å². The number of rotatable bonds is 2. The summed E-state index contributed by atoms with van der Waals surface area (Å²) < 4.78 is 0. The van der Waals surface area contributed by atoms with Gasteiger partial charge < -0.3 is 10.6 Å². The van der Waals surface area contributed by atoms with Crippen LogP contribution in [0.5, 0.6) is 0 Å². The number of aromatic nitrogens is 2. The van der Waals surface area contributed by atoms with Crippen LogP contribution in [0.1, 0.15) is 22.0 Å². The largest absolute Gasteiger partial charge is 0.335 e. The number of amides is 1. The number of likely N-dealkylation sites (tertiary alicyclic amines) is 1. The molecule has 2 atom stereocenters. The van der Waals surface area contributed by atoms with Gasteiger partial charge in [0.05, 0.1) is 0 Å². The lowest BCUT2D eigenvalue weighted by Crippen LogP contribution is -2.32. The maximum atomic E-state index is 12.3. The van der Waals surface area contributed by atoms with Crippen molar-refractivity contribution in [2.45, 2.75) is 12.0 Å². The fourth-order valence-electron chi connectivity index (χ4n) is 2.63. The highest BCUT2D eigenvalue weighted by atomic mass is 16.2. The van der Waals surface area contributed by atoms with Gasteiger partial charge in [0.15, 0.2) is 5.69 Å². The molecule has 0 unspecified atom stereocenters. The van der Waals surface area contributed by atoms with E-state index < -0.39 is 0 Å². The lowest BCUT2D eigenvalue weighted by molar-refractivity contribution is 0.0782. The van der Waals surface area contributed by atoms with Gasteiger partial charge in [-0.3, -0.25) is 4.79 Å². The summed E-state index contributed by atoms with van der Waals surface area (Å²) in [5.74, 6) is 0.0730. The molecule has 0 spiro atoms. The van der Waals surface area contributed by atoms with Crippen molar-refractivity contribution in [3.63, 3.8) is 0 Å². The highest BCUT2D eigenvalue weighted by Crippen LogP contribution is 2.26. The van der Waals surface area contributed by atoms with Crippen molar-refractivity contribution in [3.05, 3.63) is 59.9 Å². The predicted molar refractivity (Wildman–Crippen MR) is 75.1 cm³/mol. The molecular formula is C15H16N4O. The van der Waals surface area contributed by atoms with Crippen molar-refractivity contribution in [1.29, 1.82) is 0 Å². The second-order valence-corrected chi connectivity index (χ2v) is 5.00. The standard InChI is InChI=1S/C15H16N4O/c16-13-10-19(15(20)14-7-4-8-17-18-14)9-12(13)11-5-2-1-3-6-11/h1-8,12-13H,9-10,16H2/t12-,13+/m0/s1. The topological polar surface area (TPSA) is 72.1 Å². The van der Waals surface area contributed by atoms with E-state index in [2.05, 4.69) is 22.3 Å². The summed E-state index contributed by atoms with van der Waals surface area (Å²) in [6, 6.07) is 13.4. The van der Waals surface area contributed by atoms with Gasteiger partial charge in [0, 0.05) is 31.2 Å². The Morgan fingerprint density at radius 2 is 1.95 bits per heavy atom. The fourth-order valence-corrected chi connectivity index (χ4v) is 2.63. The summed E-state index contributed by atoms with van der Waals surface area (Å²) in [4.78, 5) is 14.1. The molecule has 1 aromatic heterocycles. The van der Waals surface area contributed by atoms with Crippen molar-refractivity contribution in [2.24, 2.45) is 5.73 Å². The summed E-state index contributed by atoms with van der Waals surface area (Å²) in [6.07, 6.45) is 1.55. The maximum Gasteiger partial charge on any atom is 0.274 e. The zero-order chi connectivity index (χ0) is 13.9. The Morgan fingerprint density at radius 1 is 1.15 bits per heavy atom. The number of carbonyl (C=O) groups is 1. The lowest BCUT2D eigenvalue weighted by atomic mass is 9.95. The molecular weight excluding hydrogens is 252 g/mol. The molecule has 1 amide bonds. The molecule has 0 bridgehead atoms. The Kier molecular flexibility index (Phi) is 3.43. The van der Waals surface area contributed by atoms with E-state index in [1.807, 2.05) is 18.2 Å². The minimum absolute atomic E-state index is 0.0435. The number of hydrogen-bond donors (Lipinski definition) is 1. The van der Waals surface area contributed by atoms with E-state index in [1.54, 1.807) is 23.2 Å². The molecule has 20 heavy (non-hydrogen) atoms. The number of benzene rings is 1. The molecule has 5 nitrogen and oxygen atoms in total. The van der Waals surface area contributed by atoms with Crippen LogP contribution in [0.4, 0.5) is 0 Å². The normalized spacial score (nSPS) is 21.9. The first-order valence-corrected chi connectivity index (χ1v) is 6.63. The van der Waals surface area contributed by atoms with Gasteiger partial charge in [-0.1, -0.05) is 30.3 Å². The van der Waals surface area contributed by atoms with E-state index in [0.717, 1.165) is 0 Å². The first-order valence-electron chi connectivity index (χ1n) is 6.63. The summed E-state index contributed by atoms with van der Waals surface area (Å²) in [5.41, 5.74) is 7.73. The quantitative estimate of drug-likeness (QED) is 0.883. The first kappa shape index (κ1) is 12.7. The molecule has 2 heterocycles. The smallest absolute Gasteiger partial charge is 0.274 e. The average molecular weight is 268 g/mol. The Morgan fingerprint density at radius 3 is 2.65 bits per heavy atom. The number of carbonyl (C=O) groups excluding carboxylic acids is 1. The van der Waals surface area contributed by atoms with Gasteiger partial charge in [-0.2, -0.15) is 5.10 Å². The van der Waals surface area contributed by atoms with E-state index >= 15 is 0 Å². The molecule has 1 aromatic carbocycles. The van der Waals surface area contributed by atoms with Crippen molar-refractivity contribution >= 4 is 5.91 Å². The zero-order valence-electron chi connectivity index (χ0n) is 11.0. The Balaban J connectivity index is 1.77. The number of hydrogen-bond acceptors (Lipinski definition) is 4. The number of nitrogens with two attached hydrogens (primary N) is 1. The highest BCUT2D eigenvalue weighted by molar-refractivity contribution is 5.92. The van der Waals surface area contributed by atoms with E-state index in [0.29, 0.717) is 18.8 Å². The van der Waals surface area contributed by atoms with Crippen molar-refractivity contribution in [2.75, 3.05) is 13.1 Å². The molecule has 1 fully saturated rings. The van der Waals surface area contributed by atoms with Crippen molar-refractivity contribution < 1.29 is 4.79 Å². The summed E-state index contributed by atoms with van der Waals surface area (Å²) >= 11 is 0. The molecule has 1 saturated heterocycles. The Labute approximate surface area is 117 Å². The van der Waals surface area contributed by atoms with Crippen LogP contribution in [-0.4, -0.2) is 40.1 Å². The SMILES string of the molecule is N[C@@H]1CN(C(=O)c2cccnn2)C[C@H]1c1ccccc1. The molecule has 5 heteroatoms. The number of nitrogens with zero attached hydrogens (tertiary/aromatic N) is 3. The van der Waals surface area contributed by atoms with Crippen molar-refractivity contribution in [3.8, 4) is 0 Å². The van der Waals surface area contributed by atoms with Crippen LogP contribution in [0.15, 0.2) is 48.7 Å². The Hall–Kier alpha value is -2.27. The minimum Gasteiger partial charge on any atom is -0.335 e. The van der Waals surface area contributed by atoms with Gasteiger partial charge in [-0.15, -0.1) is 5.10 Å².